The van der Waals surface area contributed by atoms with Crippen molar-refractivity contribution in [3.63, 3.8) is 0 Å². The van der Waals surface area contributed by atoms with Crippen molar-refractivity contribution in [3.05, 3.63) is 54.4 Å². The number of aromatic nitrogens is 2. The van der Waals surface area contributed by atoms with Gasteiger partial charge in [-0.3, -0.25) is 9.69 Å². The Kier molecular flexibility index (Phi) is 7.15. The average Bonchev–Trinajstić information content (AvgIpc) is 3.38. The van der Waals surface area contributed by atoms with E-state index in [-0.39, 0.29) is 11.5 Å². The molecule has 1 aromatic carbocycles. The van der Waals surface area contributed by atoms with Gasteiger partial charge in [0.2, 0.25) is 5.91 Å². The molecule has 3 aliphatic rings. The number of fused-ring (bicyclic) bond motifs is 1. The summed E-state index contributed by atoms with van der Waals surface area (Å²) in [5.74, 6) is 1.38. The number of carbonyl (C=O) groups excluding carboxylic acids is 1. The third-order valence-electron chi connectivity index (χ3n) is 9.57. The second-order valence-electron chi connectivity index (χ2n) is 12.3. The van der Waals surface area contributed by atoms with Crippen LogP contribution < -0.4 is 4.90 Å². The minimum absolute atomic E-state index is 0.206. The summed E-state index contributed by atoms with van der Waals surface area (Å²) in [6.07, 6.45) is 8.50. The van der Waals surface area contributed by atoms with E-state index in [0.29, 0.717) is 11.9 Å². The highest BCUT2D eigenvalue weighted by molar-refractivity contribution is 5.81. The van der Waals surface area contributed by atoms with E-state index in [2.05, 4.69) is 83.2 Å². The number of likely N-dealkylation sites (tertiary alicyclic amines) is 1. The lowest BCUT2D eigenvalue weighted by atomic mass is 9.82. The number of carbonyl (C=O) groups is 1. The standard InChI is InChI=1S/C32H43N5O2/c1-23(2)36-21-32(22-36,39-4)28-11-9-25(10-12-28)27-19-30-29(13-14-33-37(30)20-27)34-15-17-35(18-16-34)31(38)26-7-5-24(3)6-8-26/h9-14,19-20,23-24,26H,5-8,15-18,21-22H2,1-4H3. The van der Waals surface area contributed by atoms with E-state index in [9.17, 15) is 4.79 Å². The van der Waals surface area contributed by atoms with Crippen molar-refractivity contribution >= 4 is 17.1 Å². The van der Waals surface area contributed by atoms with Crippen LogP contribution in [0.5, 0.6) is 0 Å². The maximum atomic E-state index is 13.1. The summed E-state index contributed by atoms with van der Waals surface area (Å²) in [6, 6.07) is 13.7. The van der Waals surface area contributed by atoms with Crippen molar-refractivity contribution in [2.45, 2.75) is 58.1 Å². The molecule has 2 aromatic heterocycles. The molecule has 0 spiro atoms. The van der Waals surface area contributed by atoms with Gasteiger partial charge in [0.05, 0.1) is 11.2 Å². The lowest BCUT2D eigenvalue weighted by Crippen LogP contribution is -2.62. The van der Waals surface area contributed by atoms with Crippen molar-refractivity contribution in [1.29, 1.82) is 0 Å². The van der Waals surface area contributed by atoms with Crippen molar-refractivity contribution in [1.82, 2.24) is 19.4 Å². The first kappa shape index (κ1) is 26.3. The second kappa shape index (κ2) is 10.6. The Morgan fingerprint density at radius 3 is 2.31 bits per heavy atom. The van der Waals surface area contributed by atoms with E-state index in [1.807, 2.05) is 17.8 Å². The fourth-order valence-electron chi connectivity index (χ4n) is 6.73. The van der Waals surface area contributed by atoms with E-state index in [1.165, 1.54) is 29.7 Å². The van der Waals surface area contributed by atoms with Gasteiger partial charge in [-0.2, -0.15) is 5.10 Å². The number of piperazine rings is 1. The summed E-state index contributed by atoms with van der Waals surface area (Å²) in [6.45, 7) is 12.0. The molecule has 3 fully saturated rings. The predicted molar refractivity (Wildman–Crippen MR) is 156 cm³/mol. The maximum Gasteiger partial charge on any atom is 0.225 e. The van der Waals surface area contributed by atoms with E-state index in [1.54, 1.807) is 0 Å². The molecular weight excluding hydrogens is 486 g/mol. The van der Waals surface area contributed by atoms with Gasteiger partial charge in [-0.15, -0.1) is 0 Å². The molecule has 2 saturated heterocycles. The Morgan fingerprint density at radius 1 is 0.974 bits per heavy atom. The second-order valence-corrected chi connectivity index (χ2v) is 12.3. The Hall–Kier alpha value is -2.90. The van der Waals surface area contributed by atoms with Gasteiger partial charge in [0.25, 0.3) is 0 Å². The minimum Gasteiger partial charge on any atom is -0.371 e. The van der Waals surface area contributed by atoms with E-state index < -0.39 is 0 Å². The van der Waals surface area contributed by atoms with Crippen LogP contribution >= 0.6 is 0 Å². The molecule has 0 unspecified atom stereocenters. The molecule has 208 valence electrons. The van der Waals surface area contributed by atoms with Gasteiger partial charge in [-0.1, -0.05) is 31.2 Å². The molecule has 4 heterocycles. The molecule has 2 aliphatic heterocycles. The van der Waals surface area contributed by atoms with Crippen LogP contribution in [0.3, 0.4) is 0 Å². The fraction of sp³-hybridized carbons (Fsp3) is 0.562. The van der Waals surface area contributed by atoms with Crippen LogP contribution in [0.2, 0.25) is 0 Å². The normalized spacial score (nSPS) is 23.8. The zero-order valence-corrected chi connectivity index (χ0v) is 24.0. The van der Waals surface area contributed by atoms with Gasteiger partial charge in [0.15, 0.2) is 0 Å². The molecule has 0 atom stereocenters. The molecule has 0 radical (unpaired) electrons. The molecule has 7 heteroatoms. The van der Waals surface area contributed by atoms with Gasteiger partial charge in [-0.25, -0.2) is 4.52 Å². The Balaban J connectivity index is 1.15. The molecule has 6 rings (SSSR count). The first-order chi connectivity index (χ1) is 18.9. The highest BCUT2D eigenvalue weighted by atomic mass is 16.5. The Morgan fingerprint density at radius 2 is 1.67 bits per heavy atom. The zero-order chi connectivity index (χ0) is 27.1. The summed E-state index contributed by atoms with van der Waals surface area (Å²) in [4.78, 5) is 20.1. The summed E-state index contributed by atoms with van der Waals surface area (Å²) < 4.78 is 7.98. The lowest BCUT2D eigenvalue weighted by Gasteiger charge is -2.51. The molecule has 3 aromatic rings. The quantitative estimate of drug-likeness (QED) is 0.448. The van der Waals surface area contributed by atoms with Crippen LogP contribution in [0.15, 0.2) is 48.8 Å². The largest absolute Gasteiger partial charge is 0.371 e. The molecule has 39 heavy (non-hydrogen) atoms. The Labute approximate surface area is 232 Å². The number of hydrogen-bond acceptors (Lipinski definition) is 5. The number of amides is 1. The lowest BCUT2D eigenvalue weighted by molar-refractivity contribution is -0.141. The average molecular weight is 530 g/mol. The third-order valence-corrected chi connectivity index (χ3v) is 9.57. The van der Waals surface area contributed by atoms with Crippen LogP contribution in [-0.2, 0) is 15.1 Å². The summed E-state index contributed by atoms with van der Waals surface area (Å²) in [7, 11) is 1.82. The van der Waals surface area contributed by atoms with Gasteiger partial charge in [0.1, 0.15) is 5.60 Å². The number of hydrogen-bond donors (Lipinski definition) is 0. The van der Waals surface area contributed by atoms with Crippen LogP contribution in [0.4, 0.5) is 5.69 Å². The minimum atomic E-state index is -0.206. The van der Waals surface area contributed by atoms with Gasteiger partial charge in [-0.05, 0) is 68.7 Å². The summed E-state index contributed by atoms with van der Waals surface area (Å²) in [5.41, 5.74) is 5.67. The molecule has 0 N–H and O–H groups in total. The van der Waals surface area contributed by atoms with Crippen molar-refractivity contribution < 1.29 is 9.53 Å². The topological polar surface area (TPSA) is 53.3 Å². The maximum absolute atomic E-state index is 13.1. The number of anilines is 1. The SMILES string of the molecule is COC1(c2ccc(-c3cc4c(N5CCN(C(=O)C6CCC(C)CC6)CC5)ccnn4c3)cc2)CN(C(C)C)C1. The molecule has 1 aliphatic carbocycles. The number of methoxy groups -OCH3 is 1. The van der Waals surface area contributed by atoms with Gasteiger partial charge < -0.3 is 14.5 Å². The monoisotopic (exact) mass is 529 g/mol. The van der Waals surface area contributed by atoms with E-state index in [4.69, 9.17) is 4.74 Å². The van der Waals surface area contributed by atoms with E-state index >= 15 is 0 Å². The van der Waals surface area contributed by atoms with Crippen molar-refractivity contribution in [3.8, 4) is 11.1 Å². The molecular formula is C32H43N5O2. The molecule has 0 bridgehead atoms. The smallest absolute Gasteiger partial charge is 0.225 e. The first-order valence-electron chi connectivity index (χ1n) is 14.8. The van der Waals surface area contributed by atoms with Crippen LogP contribution in [0, 0.1) is 11.8 Å². The first-order valence-corrected chi connectivity index (χ1v) is 14.8. The number of nitrogens with zero attached hydrogens (tertiary/aromatic N) is 5. The fourth-order valence-corrected chi connectivity index (χ4v) is 6.73. The van der Waals surface area contributed by atoms with Gasteiger partial charge >= 0.3 is 0 Å². The van der Waals surface area contributed by atoms with Crippen LogP contribution in [0.25, 0.3) is 16.6 Å². The highest BCUT2D eigenvalue weighted by Gasteiger charge is 2.45. The third kappa shape index (κ3) is 4.95. The Bertz CT molecular complexity index is 1290. The summed E-state index contributed by atoms with van der Waals surface area (Å²) in [5, 5.41) is 4.61. The van der Waals surface area contributed by atoms with Crippen molar-refractivity contribution in [2.24, 2.45) is 11.8 Å². The number of rotatable bonds is 6. The molecule has 1 amide bonds. The highest BCUT2D eigenvalue weighted by Crippen LogP contribution is 2.38. The van der Waals surface area contributed by atoms with Gasteiger partial charge in [0, 0.05) is 76.3 Å². The molecule has 1 saturated carbocycles. The molecule has 7 nitrogen and oxygen atoms in total. The number of ether oxygens (including phenoxy) is 1. The van der Waals surface area contributed by atoms with Crippen molar-refractivity contribution in [2.75, 3.05) is 51.3 Å². The summed E-state index contributed by atoms with van der Waals surface area (Å²) >= 11 is 0. The van der Waals surface area contributed by atoms with Crippen LogP contribution in [-0.4, -0.2) is 77.7 Å². The number of benzene rings is 1. The van der Waals surface area contributed by atoms with Crippen LogP contribution in [0.1, 0.15) is 52.0 Å². The van der Waals surface area contributed by atoms with E-state index in [0.717, 1.165) is 69.1 Å². The predicted octanol–water partition coefficient (Wildman–Crippen LogP) is 5.04. The zero-order valence-electron chi connectivity index (χ0n) is 24.0.